The molecule has 1 heterocycles. The maximum Gasteiger partial charge on any atom is 0.308 e. The van der Waals surface area contributed by atoms with E-state index in [0.29, 0.717) is 32.1 Å². The van der Waals surface area contributed by atoms with Gasteiger partial charge in [-0.1, -0.05) is 31.4 Å². The Kier molecular flexibility index (Phi) is 7.64. The quantitative estimate of drug-likeness (QED) is 0.488. The standard InChI is InChI=1S/C10H10O2.C7H11NO2/c1-3-9-4-6-10(7-5-9)12-8(2)11;1-2-7(9)8-3-5-10-6-4-8/h3-7H,1H2,2H3;2H,1,3-6H2. The molecule has 0 aliphatic carbocycles. The maximum absolute atomic E-state index is 10.9. The molecule has 0 spiro atoms. The van der Waals surface area contributed by atoms with Gasteiger partial charge in [0.15, 0.2) is 0 Å². The fourth-order valence-corrected chi connectivity index (χ4v) is 1.75. The van der Waals surface area contributed by atoms with Gasteiger partial charge in [-0.2, -0.15) is 0 Å². The molecule has 0 saturated carbocycles. The molecule has 1 aliphatic rings. The van der Waals surface area contributed by atoms with Crippen LogP contribution in [0.2, 0.25) is 0 Å². The Balaban J connectivity index is 0.000000224. The molecule has 0 atom stereocenters. The molecule has 2 rings (SSSR count). The van der Waals surface area contributed by atoms with Crippen molar-refractivity contribution in [3.63, 3.8) is 0 Å². The van der Waals surface area contributed by atoms with Gasteiger partial charge in [0.1, 0.15) is 5.75 Å². The summed E-state index contributed by atoms with van der Waals surface area (Å²) in [6.45, 7) is 11.1. The summed E-state index contributed by atoms with van der Waals surface area (Å²) in [4.78, 5) is 23.2. The van der Waals surface area contributed by atoms with Crippen LogP contribution in [0.5, 0.6) is 5.75 Å². The predicted molar refractivity (Wildman–Crippen MR) is 85.4 cm³/mol. The van der Waals surface area contributed by atoms with Crippen LogP contribution >= 0.6 is 0 Å². The smallest absolute Gasteiger partial charge is 0.308 e. The highest BCUT2D eigenvalue weighted by Gasteiger charge is 2.12. The maximum atomic E-state index is 10.9. The van der Waals surface area contributed by atoms with Crippen molar-refractivity contribution >= 4 is 18.0 Å². The lowest BCUT2D eigenvalue weighted by molar-refractivity contribution is -0.132. The largest absolute Gasteiger partial charge is 0.427 e. The summed E-state index contributed by atoms with van der Waals surface area (Å²) in [6, 6.07) is 7.15. The van der Waals surface area contributed by atoms with Crippen molar-refractivity contribution in [1.82, 2.24) is 4.90 Å². The van der Waals surface area contributed by atoms with Gasteiger partial charge in [-0.3, -0.25) is 9.59 Å². The third kappa shape index (κ3) is 6.37. The van der Waals surface area contributed by atoms with Gasteiger partial charge < -0.3 is 14.4 Å². The lowest BCUT2D eigenvalue weighted by Gasteiger charge is -2.25. The summed E-state index contributed by atoms with van der Waals surface area (Å²) in [5.74, 6) is 0.262. The van der Waals surface area contributed by atoms with Crippen LogP contribution in [0, 0.1) is 0 Å². The Morgan fingerprint density at radius 3 is 2.23 bits per heavy atom. The number of amides is 1. The summed E-state index contributed by atoms with van der Waals surface area (Å²) in [5, 5.41) is 0. The zero-order chi connectivity index (χ0) is 16.4. The van der Waals surface area contributed by atoms with Gasteiger partial charge in [-0.25, -0.2) is 0 Å². The van der Waals surface area contributed by atoms with Crippen molar-refractivity contribution < 1.29 is 19.1 Å². The van der Waals surface area contributed by atoms with Gasteiger partial charge in [-0.15, -0.1) is 0 Å². The molecule has 1 saturated heterocycles. The van der Waals surface area contributed by atoms with Gasteiger partial charge in [0.25, 0.3) is 0 Å². The summed E-state index contributed by atoms with van der Waals surface area (Å²) in [7, 11) is 0. The third-order valence-corrected chi connectivity index (χ3v) is 2.87. The van der Waals surface area contributed by atoms with Crippen LogP contribution in [0.15, 0.2) is 43.5 Å². The molecule has 0 bridgehead atoms. The Labute approximate surface area is 130 Å². The molecule has 1 aromatic carbocycles. The molecule has 5 heteroatoms. The van der Waals surface area contributed by atoms with Crippen LogP contribution in [-0.4, -0.2) is 43.1 Å². The van der Waals surface area contributed by atoms with E-state index in [1.807, 2.05) is 12.1 Å². The van der Waals surface area contributed by atoms with E-state index >= 15 is 0 Å². The molecule has 1 aromatic rings. The number of hydrogen-bond donors (Lipinski definition) is 0. The van der Waals surface area contributed by atoms with E-state index in [-0.39, 0.29) is 11.9 Å². The Morgan fingerprint density at radius 1 is 1.18 bits per heavy atom. The average Bonchev–Trinajstić information content (AvgIpc) is 2.55. The monoisotopic (exact) mass is 303 g/mol. The van der Waals surface area contributed by atoms with Gasteiger partial charge >= 0.3 is 5.97 Å². The minimum Gasteiger partial charge on any atom is -0.427 e. The van der Waals surface area contributed by atoms with Crippen molar-refractivity contribution in [1.29, 1.82) is 0 Å². The number of rotatable bonds is 3. The number of ether oxygens (including phenoxy) is 2. The molecule has 22 heavy (non-hydrogen) atoms. The van der Waals surface area contributed by atoms with Gasteiger partial charge in [0.05, 0.1) is 13.2 Å². The lowest BCUT2D eigenvalue weighted by atomic mass is 10.2. The number of nitrogens with zero attached hydrogens (tertiary/aromatic N) is 1. The third-order valence-electron chi connectivity index (χ3n) is 2.87. The first kappa shape index (κ1) is 17.7. The highest BCUT2D eigenvalue weighted by atomic mass is 16.5. The second kappa shape index (κ2) is 9.52. The van der Waals surface area contributed by atoms with Crippen molar-refractivity contribution in [3.8, 4) is 5.75 Å². The van der Waals surface area contributed by atoms with E-state index in [1.54, 1.807) is 23.1 Å². The minimum atomic E-state index is -0.304. The van der Waals surface area contributed by atoms with Crippen molar-refractivity contribution in [3.05, 3.63) is 49.1 Å². The van der Waals surface area contributed by atoms with Crippen molar-refractivity contribution in [2.24, 2.45) is 0 Å². The molecule has 5 nitrogen and oxygen atoms in total. The number of carbonyl (C=O) groups is 2. The molecule has 0 aromatic heterocycles. The molecule has 0 radical (unpaired) electrons. The molecule has 0 N–H and O–H groups in total. The molecule has 118 valence electrons. The van der Waals surface area contributed by atoms with E-state index in [2.05, 4.69) is 13.2 Å². The summed E-state index contributed by atoms with van der Waals surface area (Å²) >= 11 is 0. The number of esters is 1. The zero-order valence-electron chi connectivity index (χ0n) is 12.8. The summed E-state index contributed by atoms with van der Waals surface area (Å²) in [6.07, 6.45) is 3.07. The molecular formula is C17H21NO4. The molecule has 1 aliphatic heterocycles. The fraction of sp³-hybridized carbons (Fsp3) is 0.294. The van der Waals surface area contributed by atoms with Crippen LogP contribution in [-0.2, 0) is 14.3 Å². The number of carbonyl (C=O) groups excluding carboxylic acids is 2. The first-order valence-corrected chi connectivity index (χ1v) is 6.97. The van der Waals surface area contributed by atoms with Crippen LogP contribution in [0.3, 0.4) is 0 Å². The first-order chi connectivity index (χ1) is 10.6. The zero-order valence-corrected chi connectivity index (χ0v) is 12.8. The topological polar surface area (TPSA) is 55.8 Å². The van der Waals surface area contributed by atoms with E-state index in [4.69, 9.17) is 9.47 Å². The SMILES string of the molecule is C=CC(=O)N1CCOCC1.C=Cc1ccc(OC(C)=O)cc1. The van der Waals surface area contributed by atoms with Gasteiger partial charge in [0, 0.05) is 20.0 Å². The first-order valence-electron chi connectivity index (χ1n) is 6.97. The Morgan fingerprint density at radius 2 is 1.77 bits per heavy atom. The molecular weight excluding hydrogens is 282 g/mol. The van der Waals surface area contributed by atoms with Gasteiger partial charge in [0.2, 0.25) is 5.91 Å². The fourth-order valence-electron chi connectivity index (χ4n) is 1.75. The van der Waals surface area contributed by atoms with E-state index in [0.717, 1.165) is 5.56 Å². The van der Waals surface area contributed by atoms with Crippen molar-refractivity contribution in [2.75, 3.05) is 26.3 Å². The minimum absolute atomic E-state index is 0.00306. The van der Waals surface area contributed by atoms with E-state index in [1.165, 1.54) is 13.0 Å². The lowest BCUT2D eigenvalue weighted by Crippen LogP contribution is -2.39. The second-order valence-corrected chi connectivity index (χ2v) is 4.51. The van der Waals surface area contributed by atoms with Gasteiger partial charge in [-0.05, 0) is 23.8 Å². The van der Waals surface area contributed by atoms with Crippen LogP contribution in [0.25, 0.3) is 6.08 Å². The average molecular weight is 303 g/mol. The highest BCUT2D eigenvalue weighted by molar-refractivity contribution is 5.87. The van der Waals surface area contributed by atoms with E-state index < -0.39 is 0 Å². The van der Waals surface area contributed by atoms with E-state index in [9.17, 15) is 9.59 Å². The van der Waals surface area contributed by atoms with Crippen molar-refractivity contribution in [2.45, 2.75) is 6.92 Å². The number of benzene rings is 1. The Bertz CT molecular complexity index is 516. The van der Waals surface area contributed by atoms with Crippen LogP contribution in [0.1, 0.15) is 12.5 Å². The molecule has 1 amide bonds. The molecule has 1 fully saturated rings. The number of hydrogen-bond acceptors (Lipinski definition) is 4. The predicted octanol–water partition coefficient (Wildman–Crippen LogP) is 2.29. The molecule has 0 unspecified atom stereocenters. The second-order valence-electron chi connectivity index (χ2n) is 4.51. The van der Waals surface area contributed by atoms with Crippen LogP contribution in [0.4, 0.5) is 0 Å². The summed E-state index contributed by atoms with van der Waals surface area (Å²) < 4.78 is 9.91. The normalized spacial score (nSPS) is 13.4. The van der Waals surface area contributed by atoms with Crippen LogP contribution < -0.4 is 4.74 Å². The summed E-state index contributed by atoms with van der Waals surface area (Å²) in [5.41, 5.74) is 1.01. The Hall–Kier alpha value is -2.40. The highest BCUT2D eigenvalue weighted by Crippen LogP contribution is 2.12. The number of morpholine rings is 1.